The summed E-state index contributed by atoms with van der Waals surface area (Å²) in [6, 6.07) is 13.4. The van der Waals surface area contributed by atoms with Crippen molar-refractivity contribution in [3.63, 3.8) is 0 Å². The summed E-state index contributed by atoms with van der Waals surface area (Å²) in [6.07, 6.45) is 0. The summed E-state index contributed by atoms with van der Waals surface area (Å²) >= 11 is 1.29. The zero-order valence-electron chi connectivity index (χ0n) is 11.7. The summed E-state index contributed by atoms with van der Waals surface area (Å²) < 4.78 is 4.95. The van der Waals surface area contributed by atoms with Crippen molar-refractivity contribution < 1.29 is 14.3 Å². The Balaban J connectivity index is 1.71. The van der Waals surface area contributed by atoms with Crippen LogP contribution in [0.2, 0.25) is 0 Å². The Morgan fingerprint density at radius 2 is 1.95 bits per heavy atom. The van der Waals surface area contributed by atoms with Gasteiger partial charge in [0.05, 0.1) is 0 Å². The predicted octanol–water partition coefficient (Wildman–Crippen LogP) is 2.82. The Morgan fingerprint density at radius 1 is 1.19 bits per heavy atom. The monoisotopic (exact) mass is 303 g/mol. The van der Waals surface area contributed by atoms with Crippen LogP contribution in [-0.4, -0.2) is 25.0 Å². The molecule has 0 aliphatic rings. The Labute approximate surface area is 127 Å². The molecule has 1 atom stereocenters. The molecule has 0 fully saturated rings. The van der Waals surface area contributed by atoms with Crippen LogP contribution in [0.3, 0.4) is 0 Å². The first-order chi connectivity index (χ1) is 10.2. The summed E-state index contributed by atoms with van der Waals surface area (Å²) in [7, 11) is 0. The number of esters is 1. The number of ether oxygens (including phenoxy) is 1. The lowest BCUT2D eigenvalue weighted by Gasteiger charge is -2.13. The van der Waals surface area contributed by atoms with E-state index in [0.29, 0.717) is 11.4 Å². The zero-order valence-corrected chi connectivity index (χ0v) is 12.6. The number of nitrogens with one attached hydrogen (secondary N) is 1. The van der Waals surface area contributed by atoms with E-state index in [1.165, 1.54) is 11.3 Å². The molecular weight excluding hydrogens is 286 g/mol. The fourth-order valence-corrected chi connectivity index (χ4v) is 2.43. The van der Waals surface area contributed by atoms with Gasteiger partial charge < -0.3 is 10.1 Å². The molecule has 0 spiro atoms. The lowest BCUT2D eigenvalue weighted by atomic mass is 10.0. The smallest absolute Gasteiger partial charge is 0.348 e. The maximum Gasteiger partial charge on any atom is 0.348 e. The number of thiophene rings is 1. The van der Waals surface area contributed by atoms with E-state index in [9.17, 15) is 9.59 Å². The van der Waals surface area contributed by atoms with E-state index in [4.69, 9.17) is 4.74 Å². The highest BCUT2D eigenvalue weighted by molar-refractivity contribution is 7.11. The molecule has 4 nitrogen and oxygen atoms in total. The van der Waals surface area contributed by atoms with Gasteiger partial charge in [0.25, 0.3) is 5.91 Å². The first-order valence-electron chi connectivity index (χ1n) is 6.69. The second-order valence-electron chi connectivity index (χ2n) is 4.67. The highest BCUT2D eigenvalue weighted by Crippen LogP contribution is 2.13. The van der Waals surface area contributed by atoms with Gasteiger partial charge in [-0.05, 0) is 22.9 Å². The minimum Gasteiger partial charge on any atom is -0.451 e. The van der Waals surface area contributed by atoms with Crippen molar-refractivity contribution in [3.8, 4) is 0 Å². The highest BCUT2D eigenvalue weighted by Gasteiger charge is 2.12. The first-order valence-corrected chi connectivity index (χ1v) is 7.57. The molecule has 5 heteroatoms. The minimum atomic E-state index is -0.462. The zero-order chi connectivity index (χ0) is 15.1. The van der Waals surface area contributed by atoms with Crippen molar-refractivity contribution in [3.05, 3.63) is 58.3 Å². The van der Waals surface area contributed by atoms with Crippen LogP contribution >= 0.6 is 11.3 Å². The van der Waals surface area contributed by atoms with Crippen LogP contribution < -0.4 is 5.32 Å². The van der Waals surface area contributed by atoms with Crippen LogP contribution in [0.5, 0.6) is 0 Å². The number of hydrogen-bond acceptors (Lipinski definition) is 4. The number of carbonyl (C=O) groups excluding carboxylic acids is 2. The summed E-state index contributed by atoms with van der Waals surface area (Å²) in [5, 5.41) is 4.56. The Hall–Kier alpha value is -2.14. The van der Waals surface area contributed by atoms with Crippen LogP contribution in [0, 0.1) is 0 Å². The fourth-order valence-electron chi connectivity index (χ4n) is 1.81. The van der Waals surface area contributed by atoms with Gasteiger partial charge in [0.15, 0.2) is 6.61 Å². The van der Waals surface area contributed by atoms with Crippen LogP contribution in [-0.2, 0) is 9.53 Å². The van der Waals surface area contributed by atoms with Crippen molar-refractivity contribution in [2.24, 2.45) is 0 Å². The molecule has 0 radical (unpaired) electrons. The highest BCUT2D eigenvalue weighted by atomic mass is 32.1. The van der Waals surface area contributed by atoms with Crippen LogP contribution in [0.4, 0.5) is 0 Å². The van der Waals surface area contributed by atoms with Gasteiger partial charge in [-0.25, -0.2) is 4.79 Å². The van der Waals surface area contributed by atoms with Crippen LogP contribution in [0.15, 0.2) is 47.8 Å². The molecule has 21 heavy (non-hydrogen) atoms. The lowest BCUT2D eigenvalue weighted by molar-refractivity contribution is -0.124. The van der Waals surface area contributed by atoms with Crippen molar-refractivity contribution >= 4 is 23.2 Å². The molecule has 0 aliphatic heterocycles. The molecule has 1 amide bonds. The second kappa shape index (κ2) is 7.59. The molecule has 0 bridgehead atoms. The van der Waals surface area contributed by atoms with E-state index < -0.39 is 5.97 Å². The average molecular weight is 303 g/mol. The van der Waals surface area contributed by atoms with Gasteiger partial charge in [-0.2, -0.15) is 0 Å². The Bertz CT molecular complexity index is 581. The summed E-state index contributed by atoms with van der Waals surface area (Å²) in [5.74, 6) is -0.540. The number of hydrogen-bond donors (Lipinski definition) is 1. The van der Waals surface area contributed by atoms with Crippen molar-refractivity contribution in [1.82, 2.24) is 5.32 Å². The van der Waals surface area contributed by atoms with Crippen molar-refractivity contribution in [2.45, 2.75) is 12.8 Å². The molecule has 1 aromatic carbocycles. The Kier molecular flexibility index (Phi) is 5.51. The van der Waals surface area contributed by atoms with E-state index in [0.717, 1.165) is 5.56 Å². The molecule has 0 unspecified atom stereocenters. The minimum absolute atomic E-state index is 0.211. The maximum absolute atomic E-state index is 11.7. The second-order valence-corrected chi connectivity index (χ2v) is 5.62. The Morgan fingerprint density at radius 3 is 2.62 bits per heavy atom. The number of amides is 1. The lowest BCUT2D eigenvalue weighted by Crippen LogP contribution is -2.31. The SMILES string of the molecule is C[C@@H](CNC(=O)COC(=O)c1cccs1)c1ccccc1. The molecule has 110 valence electrons. The normalized spacial score (nSPS) is 11.7. The third-order valence-corrected chi connectivity index (χ3v) is 3.88. The van der Waals surface area contributed by atoms with Crippen LogP contribution in [0.1, 0.15) is 28.1 Å². The molecule has 0 saturated carbocycles. The summed E-state index contributed by atoms with van der Waals surface area (Å²) in [5.41, 5.74) is 1.16. The van der Waals surface area contributed by atoms with Gasteiger partial charge in [-0.3, -0.25) is 4.79 Å². The van der Waals surface area contributed by atoms with Gasteiger partial charge in [0.2, 0.25) is 0 Å². The van der Waals surface area contributed by atoms with E-state index in [1.807, 2.05) is 37.3 Å². The molecule has 0 saturated heterocycles. The van der Waals surface area contributed by atoms with E-state index in [1.54, 1.807) is 17.5 Å². The van der Waals surface area contributed by atoms with Gasteiger partial charge in [-0.15, -0.1) is 11.3 Å². The number of carbonyl (C=O) groups is 2. The van der Waals surface area contributed by atoms with Gasteiger partial charge in [0.1, 0.15) is 4.88 Å². The molecule has 2 rings (SSSR count). The molecule has 2 aromatic rings. The molecule has 0 aliphatic carbocycles. The topological polar surface area (TPSA) is 55.4 Å². The quantitative estimate of drug-likeness (QED) is 0.835. The molecule has 1 heterocycles. The van der Waals surface area contributed by atoms with Crippen molar-refractivity contribution in [2.75, 3.05) is 13.2 Å². The van der Waals surface area contributed by atoms with Gasteiger partial charge >= 0.3 is 5.97 Å². The maximum atomic E-state index is 11.7. The van der Waals surface area contributed by atoms with Crippen LogP contribution in [0.25, 0.3) is 0 Å². The fraction of sp³-hybridized carbons (Fsp3) is 0.250. The third-order valence-electron chi connectivity index (χ3n) is 3.03. The predicted molar refractivity (Wildman–Crippen MR) is 82.5 cm³/mol. The number of benzene rings is 1. The molecular formula is C16H17NO3S. The number of rotatable bonds is 6. The molecule has 1 aromatic heterocycles. The van der Waals surface area contributed by atoms with Gasteiger partial charge in [0, 0.05) is 6.54 Å². The largest absolute Gasteiger partial charge is 0.451 e. The standard InChI is InChI=1S/C16H17NO3S/c1-12(13-6-3-2-4-7-13)10-17-15(18)11-20-16(19)14-8-5-9-21-14/h2-9,12H,10-11H2,1H3,(H,17,18)/t12-/m0/s1. The third kappa shape index (κ3) is 4.72. The van der Waals surface area contributed by atoms with E-state index >= 15 is 0 Å². The van der Waals surface area contributed by atoms with Gasteiger partial charge in [-0.1, -0.05) is 43.3 Å². The summed E-state index contributed by atoms with van der Waals surface area (Å²) in [6.45, 7) is 2.30. The average Bonchev–Trinajstić information content (AvgIpc) is 3.05. The molecule has 1 N–H and O–H groups in total. The van der Waals surface area contributed by atoms with Crippen molar-refractivity contribution in [1.29, 1.82) is 0 Å². The summed E-state index contributed by atoms with van der Waals surface area (Å²) in [4.78, 5) is 23.7. The van der Waals surface area contributed by atoms with E-state index in [-0.39, 0.29) is 18.4 Å². The first kappa shape index (κ1) is 15.3. The van der Waals surface area contributed by atoms with E-state index in [2.05, 4.69) is 5.32 Å².